The van der Waals surface area contributed by atoms with E-state index in [1.165, 1.54) is 12.1 Å². The average molecular weight is 274 g/mol. The van der Waals surface area contributed by atoms with Crippen LogP contribution < -0.4 is 4.74 Å². The molecule has 2 aromatic rings. The highest BCUT2D eigenvalue weighted by Gasteiger charge is 2.15. The lowest BCUT2D eigenvalue weighted by atomic mass is 9.98. The fourth-order valence-electron chi connectivity index (χ4n) is 1.95. The number of hydrogen-bond acceptors (Lipinski definition) is 2. The number of halogens is 1. The molecule has 0 aromatic heterocycles. The zero-order valence-electron chi connectivity index (χ0n) is 11.1. The lowest BCUT2D eigenvalue weighted by Gasteiger charge is -2.13. The Morgan fingerprint density at radius 1 is 1.20 bits per heavy atom. The van der Waals surface area contributed by atoms with Crippen molar-refractivity contribution in [1.29, 1.82) is 0 Å². The Hall–Kier alpha value is -2.36. The molecule has 3 nitrogen and oxygen atoms in total. The van der Waals surface area contributed by atoms with Crippen molar-refractivity contribution in [3.05, 3.63) is 53.8 Å². The van der Waals surface area contributed by atoms with Gasteiger partial charge in [0.2, 0.25) is 0 Å². The molecule has 2 rings (SSSR count). The van der Waals surface area contributed by atoms with Crippen molar-refractivity contribution in [3.63, 3.8) is 0 Å². The Kier molecular flexibility index (Phi) is 4.35. The van der Waals surface area contributed by atoms with Crippen molar-refractivity contribution in [2.75, 3.05) is 6.61 Å². The first kappa shape index (κ1) is 14.1. The van der Waals surface area contributed by atoms with E-state index >= 15 is 0 Å². The number of hydrogen-bond donors (Lipinski definition) is 1. The van der Waals surface area contributed by atoms with Crippen molar-refractivity contribution in [2.24, 2.45) is 0 Å². The van der Waals surface area contributed by atoms with Crippen LogP contribution in [0.25, 0.3) is 11.1 Å². The van der Waals surface area contributed by atoms with Crippen LogP contribution in [0.15, 0.2) is 42.5 Å². The van der Waals surface area contributed by atoms with Crippen molar-refractivity contribution in [2.45, 2.75) is 13.3 Å². The number of ether oxygens (including phenoxy) is 1. The molecular formula is C16H15FO3. The maximum atomic E-state index is 13.4. The molecule has 0 unspecified atom stereocenters. The second-order valence-corrected chi connectivity index (χ2v) is 4.34. The number of aromatic carboxylic acids is 1. The minimum absolute atomic E-state index is 0.0546. The quantitative estimate of drug-likeness (QED) is 0.897. The number of carboxylic acid groups (broad SMARTS) is 1. The lowest BCUT2D eigenvalue weighted by molar-refractivity contribution is 0.0697. The molecule has 20 heavy (non-hydrogen) atoms. The molecule has 0 bridgehead atoms. The van der Waals surface area contributed by atoms with Crippen molar-refractivity contribution >= 4 is 5.97 Å². The number of carbonyl (C=O) groups is 1. The van der Waals surface area contributed by atoms with Gasteiger partial charge in [-0.1, -0.05) is 25.1 Å². The second-order valence-electron chi connectivity index (χ2n) is 4.34. The monoisotopic (exact) mass is 274 g/mol. The molecule has 0 fully saturated rings. The summed E-state index contributed by atoms with van der Waals surface area (Å²) in [5, 5.41) is 9.22. The first-order chi connectivity index (χ1) is 9.63. The van der Waals surface area contributed by atoms with Gasteiger partial charge in [0.15, 0.2) is 0 Å². The summed E-state index contributed by atoms with van der Waals surface area (Å²) < 4.78 is 19.0. The highest BCUT2D eigenvalue weighted by atomic mass is 19.1. The van der Waals surface area contributed by atoms with Gasteiger partial charge in [0.05, 0.1) is 12.2 Å². The number of benzene rings is 2. The van der Waals surface area contributed by atoms with Crippen LogP contribution in [0.2, 0.25) is 0 Å². The first-order valence-electron chi connectivity index (χ1n) is 6.38. The normalized spacial score (nSPS) is 10.3. The van der Waals surface area contributed by atoms with Crippen LogP contribution in [0, 0.1) is 5.82 Å². The van der Waals surface area contributed by atoms with Gasteiger partial charge in [-0.15, -0.1) is 0 Å². The van der Waals surface area contributed by atoms with Crippen LogP contribution >= 0.6 is 0 Å². The molecule has 0 saturated heterocycles. The summed E-state index contributed by atoms with van der Waals surface area (Å²) in [6.45, 7) is 2.50. The van der Waals surface area contributed by atoms with E-state index in [2.05, 4.69) is 0 Å². The predicted molar refractivity (Wildman–Crippen MR) is 74.6 cm³/mol. The fourth-order valence-corrected chi connectivity index (χ4v) is 1.95. The third-order valence-electron chi connectivity index (χ3n) is 2.85. The molecule has 0 aliphatic carbocycles. The van der Waals surface area contributed by atoms with E-state index in [1.807, 2.05) is 6.92 Å². The molecule has 0 aliphatic rings. The van der Waals surface area contributed by atoms with Crippen LogP contribution in [0.5, 0.6) is 5.75 Å². The number of carboxylic acids is 1. The molecule has 1 N–H and O–H groups in total. The topological polar surface area (TPSA) is 46.5 Å². The largest absolute Gasteiger partial charge is 0.493 e. The van der Waals surface area contributed by atoms with Crippen LogP contribution in [-0.4, -0.2) is 17.7 Å². The van der Waals surface area contributed by atoms with Gasteiger partial charge in [0.1, 0.15) is 11.6 Å². The zero-order valence-corrected chi connectivity index (χ0v) is 11.1. The van der Waals surface area contributed by atoms with E-state index in [1.54, 1.807) is 24.3 Å². The maximum absolute atomic E-state index is 13.4. The summed E-state index contributed by atoms with van der Waals surface area (Å²) in [6, 6.07) is 10.7. The molecule has 0 saturated carbocycles. The molecule has 0 radical (unpaired) electrons. The van der Waals surface area contributed by atoms with Crippen molar-refractivity contribution < 1.29 is 19.0 Å². The van der Waals surface area contributed by atoms with Gasteiger partial charge < -0.3 is 9.84 Å². The third-order valence-corrected chi connectivity index (χ3v) is 2.85. The standard InChI is InChI=1S/C16H15FO3/c1-2-9-20-15-6-4-3-5-12(15)14-10-11(17)7-8-13(14)16(18)19/h3-8,10H,2,9H2,1H3,(H,18,19). The number of rotatable bonds is 5. The Labute approximate surface area is 116 Å². The summed E-state index contributed by atoms with van der Waals surface area (Å²) in [4.78, 5) is 11.3. The summed E-state index contributed by atoms with van der Waals surface area (Å²) in [7, 11) is 0. The third kappa shape index (κ3) is 2.96. The van der Waals surface area contributed by atoms with E-state index in [9.17, 15) is 14.3 Å². The van der Waals surface area contributed by atoms with E-state index in [0.29, 0.717) is 23.5 Å². The predicted octanol–water partition coefficient (Wildman–Crippen LogP) is 3.98. The molecule has 4 heteroatoms. The van der Waals surface area contributed by atoms with Crippen LogP contribution in [0.3, 0.4) is 0 Å². The van der Waals surface area contributed by atoms with E-state index in [-0.39, 0.29) is 5.56 Å². The minimum atomic E-state index is -1.09. The molecule has 0 spiro atoms. The molecule has 0 heterocycles. The zero-order chi connectivity index (χ0) is 14.5. The molecular weight excluding hydrogens is 259 g/mol. The summed E-state index contributed by atoms with van der Waals surface area (Å²) in [6.07, 6.45) is 0.837. The SMILES string of the molecule is CCCOc1ccccc1-c1cc(F)ccc1C(=O)O. The van der Waals surface area contributed by atoms with Crippen LogP contribution in [0.1, 0.15) is 23.7 Å². The first-order valence-corrected chi connectivity index (χ1v) is 6.38. The average Bonchev–Trinajstić information content (AvgIpc) is 2.45. The summed E-state index contributed by atoms with van der Waals surface area (Å²) in [5.74, 6) is -1.01. The van der Waals surface area contributed by atoms with Gasteiger partial charge in [-0.25, -0.2) is 9.18 Å². The Morgan fingerprint density at radius 3 is 2.65 bits per heavy atom. The molecule has 2 aromatic carbocycles. The highest BCUT2D eigenvalue weighted by Crippen LogP contribution is 2.33. The van der Waals surface area contributed by atoms with Crippen LogP contribution in [-0.2, 0) is 0 Å². The smallest absolute Gasteiger partial charge is 0.336 e. The van der Waals surface area contributed by atoms with E-state index in [4.69, 9.17) is 4.74 Å². The van der Waals surface area contributed by atoms with Crippen LogP contribution in [0.4, 0.5) is 4.39 Å². The maximum Gasteiger partial charge on any atom is 0.336 e. The summed E-state index contributed by atoms with van der Waals surface area (Å²) in [5.41, 5.74) is 0.959. The van der Waals surface area contributed by atoms with Gasteiger partial charge in [-0.2, -0.15) is 0 Å². The van der Waals surface area contributed by atoms with Crippen molar-refractivity contribution in [3.8, 4) is 16.9 Å². The number of para-hydroxylation sites is 1. The lowest BCUT2D eigenvalue weighted by Crippen LogP contribution is -2.02. The van der Waals surface area contributed by atoms with Crippen molar-refractivity contribution in [1.82, 2.24) is 0 Å². The molecule has 0 amide bonds. The molecule has 104 valence electrons. The van der Waals surface area contributed by atoms with Gasteiger partial charge in [-0.05, 0) is 30.7 Å². The highest BCUT2D eigenvalue weighted by molar-refractivity contribution is 5.96. The minimum Gasteiger partial charge on any atom is -0.493 e. The van der Waals surface area contributed by atoms with Gasteiger partial charge in [-0.3, -0.25) is 0 Å². The molecule has 0 aliphatic heterocycles. The Balaban J connectivity index is 2.56. The van der Waals surface area contributed by atoms with Gasteiger partial charge in [0.25, 0.3) is 0 Å². The second kappa shape index (κ2) is 6.19. The summed E-state index contributed by atoms with van der Waals surface area (Å²) >= 11 is 0. The van der Waals surface area contributed by atoms with E-state index < -0.39 is 11.8 Å². The van der Waals surface area contributed by atoms with Gasteiger partial charge in [0, 0.05) is 11.1 Å². The Morgan fingerprint density at radius 2 is 1.95 bits per heavy atom. The van der Waals surface area contributed by atoms with E-state index in [0.717, 1.165) is 12.5 Å². The Bertz CT molecular complexity index is 623. The molecule has 0 atom stereocenters. The fraction of sp³-hybridized carbons (Fsp3) is 0.188. The van der Waals surface area contributed by atoms with Gasteiger partial charge >= 0.3 is 5.97 Å².